The molecule has 20 heavy (non-hydrogen) atoms. The van der Waals surface area contributed by atoms with Gasteiger partial charge in [-0.15, -0.1) is 0 Å². The fourth-order valence-electron chi connectivity index (χ4n) is 1.76. The van der Waals surface area contributed by atoms with E-state index in [0.29, 0.717) is 5.69 Å². The first-order valence-electron chi connectivity index (χ1n) is 6.44. The molecular formula is C13H22N4O3. The van der Waals surface area contributed by atoms with E-state index in [0.717, 1.165) is 13.0 Å². The van der Waals surface area contributed by atoms with Gasteiger partial charge >= 0.3 is 12.0 Å². The number of nitrogens with one attached hydrogen (secondary N) is 3. The number of carbonyl (C=O) groups excluding carboxylic acids is 1. The van der Waals surface area contributed by atoms with Gasteiger partial charge in [0.05, 0.1) is 5.69 Å². The van der Waals surface area contributed by atoms with Gasteiger partial charge in [-0.2, -0.15) is 0 Å². The largest absolute Gasteiger partial charge is 0.477 e. The average molecular weight is 282 g/mol. The molecule has 0 saturated carbocycles. The topological polar surface area (TPSA) is 97.5 Å². The van der Waals surface area contributed by atoms with Crippen molar-refractivity contribution in [3.8, 4) is 0 Å². The Kier molecular flexibility index (Phi) is 5.57. The molecule has 0 aliphatic carbocycles. The van der Waals surface area contributed by atoms with Gasteiger partial charge in [0, 0.05) is 11.7 Å². The number of amides is 2. The summed E-state index contributed by atoms with van der Waals surface area (Å²) in [6, 6.07) is 1.19. The number of carboxylic acid groups (broad SMARTS) is 1. The van der Waals surface area contributed by atoms with E-state index in [1.165, 1.54) is 0 Å². The minimum absolute atomic E-state index is 0.00529. The number of rotatable bonds is 6. The van der Waals surface area contributed by atoms with Crippen LogP contribution in [0, 0.1) is 6.92 Å². The maximum atomic E-state index is 11.8. The first-order valence-corrected chi connectivity index (χ1v) is 6.44. The molecule has 4 N–H and O–H groups in total. The highest BCUT2D eigenvalue weighted by Crippen LogP contribution is 2.16. The van der Waals surface area contributed by atoms with Crippen molar-refractivity contribution in [1.82, 2.24) is 15.2 Å². The standard InChI is InChI=1S/C13H22N4O3/c1-8(5-6-17(3)4)15-13(20)16-10-7-9(2)14-11(10)12(18)19/h7-8,14H,5-6H2,1-4H3,(H,18,19)(H2,15,16,20). The highest BCUT2D eigenvalue weighted by Gasteiger charge is 2.16. The molecule has 0 bridgehead atoms. The number of carbonyl (C=O) groups is 2. The molecule has 0 saturated heterocycles. The summed E-state index contributed by atoms with van der Waals surface area (Å²) in [5, 5.41) is 14.3. The van der Waals surface area contributed by atoms with E-state index in [2.05, 4.69) is 15.6 Å². The SMILES string of the molecule is Cc1cc(NC(=O)NC(C)CCN(C)C)c(C(=O)O)[nH]1. The maximum absolute atomic E-state index is 11.8. The number of aromatic nitrogens is 1. The second-order valence-electron chi connectivity index (χ2n) is 5.14. The van der Waals surface area contributed by atoms with Gasteiger partial charge in [0.1, 0.15) is 5.69 Å². The zero-order valence-corrected chi connectivity index (χ0v) is 12.3. The summed E-state index contributed by atoms with van der Waals surface area (Å²) in [7, 11) is 3.93. The first-order chi connectivity index (χ1) is 9.29. The van der Waals surface area contributed by atoms with Crippen molar-refractivity contribution < 1.29 is 14.7 Å². The number of nitrogens with zero attached hydrogens (tertiary/aromatic N) is 1. The van der Waals surface area contributed by atoms with Crippen molar-refractivity contribution in [3.63, 3.8) is 0 Å². The molecule has 0 aliphatic heterocycles. The predicted octanol–water partition coefficient (Wildman–Crippen LogP) is 1.48. The highest BCUT2D eigenvalue weighted by atomic mass is 16.4. The maximum Gasteiger partial charge on any atom is 0.354 e. The Morgan fingerprint density at radius 2 is 2.10 bits per heavy atom. The molecule has 1 rings (SSSR count). The summed E-state index contributed by atoms with van der Waals surface area (Å²) in [4.78, 5) is 27.5. The number of aromatic amines is 1. The number of aromatic carboxylic acids is 1. The third-order valence-corrected chi connectivity index (χ3v) is 2.80. The van der Waals surface area contributed by atoms with Crippen LogP contribution in [-0.2, 0) is 0 Å². The minimum Gasteiger partial charge on any atom is -0.477 e. The first kappa shape index (κ1) is 16.0. The lowest BCUT2D eigenvalue weighted by Gasteiger charge is -2.17. The summed E-state index contributed by atoms with van der Waals surface area (Å²) in [5.74, 6) is -1.10. The van der Waals surface area contributed by atoms with Gasteiger partial charge < -0.3 is 25.6 Å². The second-order valence-corrected chi connectivity index (χ2v) is 5.14. The molecule has 1 heterocycles. The smallest absolute Gasteiger partial charge is 0.354 e. The number of hydrogen-bond donors (Lipinski definition) is 4. The van der Waals surface area contributed by atoms with E-state index < -0.39 is 12.0 Å². The lowest BCUT2D eigenvalue weighted by Crippen LogP contribution is -2.37. The second kappa shape index (κ2) is 6.95. The third-order valence-electron chi connectivity index (χ3n) is 2.80. The van der Waals surface area contributed by atoms with Crippen molar-refractivity contribution in [3.05, 3.63) is 17.5 Å². The summed E-state index contributed by atoms with van der Waals surface area (Å²) < 4.78 is 0. The number of hydrogen-bond acceptors (Lipinski definition) is 3. The molecule has 2 amide bonds. The Labute approximate surface area is 118 Å². The van der Waals surface area contributed by atoms with Crippen molar-refractivity contribution >= 4 is 17.7 Å². The summed E-state index contributed by atoms with van der Waals surface area (Å²) >= 11 is 0. The molecule has 1 unspecified atom stereocenters. The monoisotopic (exact) mass is 282 g/mol. The molecule has 0 radical (unpaired) electrons. The average Bonchev–Trinajstić information content (AvgIpc) is 2.67. The number of anilines is 1. The van der Waals surface area contributed by atoms with Crippen LogP contribution in [0.5, 0.6) is 0 Å². The third kappa shape index (κ3) is 4.93. The van der Waals surface area contributed by atoms with Gasteiger partial charge in [-0.3, -0.25) is 0 Å². The van der Waals surface area contributed by atoms with Gasteiger partial charge in [-0.1, -0.05) is 0 Å². The molecule has 1 aromatic rings. The minimum atomic E-state index is -1.10. The van der Waals surface area contributed by atoms with Gasteiger partial charge in [0.15, 0.2) is 0 Å². The molecule has 1 atom stereocenters. The quantitative estimate of drug-likeness (QED) is 0.635. The molecule has 0 fully saturated rings. The Hall–Kier alpha value is -2.02. The van der Waals surface area contributed by atoms with E-state index in [1.807, 2.05) is 25.9 Å². The van der Waals surface area contributed by atoms with Crippen molar-refractivity contribution in [2.75, 3.05) is 26.0 Å². The van der Waals surface area contributed by atoms with E-state index in [9.17, 15) is 9.59 Å². The molecule has 0 aliphatic rings. The molecule has 0 aromatic carbocycles. The normalized spacial score (nSPS) is 12.2. The number of carboxylic acids is 1. The lowest BCUT2D eigenvalue weighted by atomic mass is 10.2. The van der Waals surface area contributed by atoms with Crippen LogP contribution in [-0.4, -0.2) is 53.7 Å². The van der Waals surface area contributed by atoms with Gasteiger partial charge in [0.2, 0.25) is 0 Å². The number of urea groups is 1. The van der Waals surface area contributed by atoms with Crippen LogP contribution in [0.25, 0.3) is 0 Å². The van der Waals surface area contributed by atoms with Crippen LogP contribution < -0.4 is 10.6 Å². The highest BCUT2D eigenvalue weighted by molar-refractivity contribution is 5.99. The van der Waals surface area contributed by atoms with Crippen molar-refractivity contribution in [1.29, 1.82) is 0 Å². The molecular weight excluding hydrogens is 260 g/mol. The summed E-state index contributed by atoms with van der Waals surface area (Å²) in [6.45, 7) is 4.50. The fraction of sp³-hybridized carbons (Fsp3) is 0.538. The molecule has 7 nitrogen and oxygen atoms in total. The van der Waals surface area contributed by atoms with Crippen LogP contribution in [0.2, 0.25) is 0 Å². The van der Waals surface area contributed by atoms with Crippen LogP contribution in [0.3, 0.4) is 0 Å². The van der Waals surface area contributed by atoms with Gasteiger partial charge in [0.25, 0.3) is 0 Å². The van der Waals surface area contributed by atoms with Gasteiger partial charge in [-0.05, 0) is 47.0 Å². The number of H-pyrrole nitrogens is 1. The summed E-state index contributed by atoms with van der Waals surface area (Å²) in [6.07, 6.45) is 0.818. The fourth-order valence-corrected chi connectivity index (χ4v) is 1.76. The van der Waals surface area contributed by atoms with Crippen LogP contribution in [0.15, 0.2) is 6.07 Å². The molecule has 112 valence electrons. The van der Waals surface area contributed by atoms with Crippen LogP contribution in [0.4, 0.5) is 10.5 Å². The van der Waals surface area contributed by atoms with E-state index in [1.54, 1.807) is 13.0 Å². The predicted molar refractivity (Wildman–Crippen MR) is 77.3 cm³/mol. The zero-order valence-electron chi connectivity index (χ0n) is 12.3. The van der Waals surface area contributed by atoms with Crippen LogP contribution >= 0.6 is 0 Å². The number of aryl methyl sites for hydroxylation is 1. The zero-order chi connectivity index (χ0) is 15.3. The lowest BCUT2D eigenvalue weighted by molar-refractivity contribution is 0.0692. The molecule has 0 spiro atoms. The van der Waals surface area contributed by atoms with E-state index in [4.69, 9.17) is 5.11 Å². The Balaban J connectivity index is 2.56. The van der Waals surface area contributed by atoms with Crippen molar-refractivity contribution in [2.45, 2.75) is 26.3 Å². The molecule has 7 heteroatoms. The summed E-state index contributed by atoms with van der Waals surface area (Å²) in [5.41, 5.74) is 0.935. The Bertz CT molecular complexity index is 482. The van der Waals surface area contributed by atoms with Crippen molar-refractivity contribution in [2.24, 2.45) is 0 Å². The van der Waals surface area contributed by atoms with Crippen LogP contribution in [0.1, 0.15) is 29.5 Å². The van der Waals surface area contributed by atoms with E-state index in [-0.39, 0.29) is 17.4 Å². The Morgan fingerprint density at radius 1 is 1.45 bits per heavy atom. The molecule has 1 aromatic heterocycles. The van der Waals surface area contributed by atoms with E-state index >= 15 is 0 Å². The Morgan fingerprint density at radius 3 is 2.65 bits per heavy atom. The van der Waals surface area contributed by atoms with Gasteiger partial charge in [-0.25, -0.2) is 9.59 Å².